The summed E-state index contributed by atoms with van der Waals surface area (Å²) >= 11 is 0. The number of nitrogens with one attached hydrogen (secondary N) is 1. The average Bonchev–Trinajstić information content (AvgIpc) is 3.12. The number of hydrogen-bond acceptors (Lipinski definition) is 3. The molecule has 0 bridgehead atoms. The molecule has 28 heavy (non-hydrogen) atoms. The van der Waals surface area contributed by atoms with Crippen molar-refractivity contribution in [1.82, 2.24) is 19.5 Å². The van der Waals surface area contributed by atoms with Crippen molar-refractivity contribution in [3.05, 3.63) is 29.0 Å². The Morgan fingerprint density at radius 1 is 1.43 bits per heavy atom. The van der Waals surface area contributed by atoms with Crippen LogP contribution >= 0.6 is 0 Å². The molecule has 0 fully saturated rings. The third-order valence-electron chi connectivity index (χ3n) is 5.58. The van der Waals surface area contributed by atoms with Gasteiger partial charge >= 0.3 is 0 Å². The molecule has 2 heterocycles. The molecule has 0 saturated carbocycles. The molecule has 0 spiro atoms. The molecule has 2 aromatic rings. The maximum Gasteiger partial charge on any atom is 0.226 e. The van der Waals surface area contributed by atoms with Crippen molar-refractivity contribution in [2.24, 2.45) is 5.73 Å². The Morgan fingerprint density at radius 2 is 2.07 bits per heavy atom. The van der Waals surface area contributed by atoms with E-state index in [1.54, 1.807) is 11.4 Å². The quantitative estimate of drug-likeness (QED) is 0.678. The fourth-order valence-electron chi connectivity index (χ4n) is 3.64. The van der Waals surface area contributed by atoms with Gasteiger partial charge in [0.15, 0.2) is 5.65 Å². The van der Waals surface area contributed by atoms with Gasteiger partial charge in [0.05, 0.1) is 23.1 Å². The number of nitrogens with zero attached hydrogens (tertiary/aromatic N) is 3. The predicted molar refractivity (Wildman–Crippen MR) is 112 cm³/mol. The van der Waals surface area contributed by atoms with Crippen molar-refractivity contribution in [1.29, 1.82) is 0 Å². The maximum atomic E-state index is 13.6. The number of nitrogens with two attached hydrogens (primary N) is 1. The molecule has 6 nitrogen and oxygen atoms in total. The van der Waals surface area contributed by atoms with E-state index in [4.69, 9.17) is 5.73 Å². The van der Waals surface area contributed by atoms with Gasteiger partial charge in [-0.1, -0.05) is 20.8 Å². The lowest BCUT2D eigenvalue weighted by atomic mass is 9.83. The molecule has 0 saturated heterocycles. The minimum absolute atomic E-state index is 0.145. The number of primary amides is 1. The second-order valence-corrected chi connectivity index (χ2v) is 8.44. The number of rotatable bonds is 9. The van der Waals surface area contributed by atoms with Gasteiger partial charge in [-0.2, -0.15) is 0 Å². The molecule has 1 unspecified atom stereocenters. The zero-order valence-electron chi connectivity index (χ0n) is 18.1. The van der Waals surface area contributed by atoms with Crippen molar-refractivity contribution in [2.75, 3.05) is 13.1 Å². The Hall–Kier alpha value is -2.15. The number of carbonyl (C=O) groups is 1. The van der Waals surface area contributed by atoms with Crippen LogP contribution in [0.5, 0.6) is 0 Å². The first-order valence-electron chi connectivity index (χ1n) is 9.97. The van der Waals surface area contributed by atoms with Crippen molar-refractivity contribution < 1.29 is 9.18 Å². The van der Waals surface area contributed by atoms with E-state index >= 15 is 0 Å². The summed E-state index contributed by atoms with van der Waals surface area (Å²) in [5.41, 5.74) is 8.16. The van der Waals surface area contributed by atoms with E-state index in [0.717, 1.165) is 25.1 Å². The smallest absolute Gasteiger partial charge is 0.226 e. The van der Waals surface area contributed by atoms with Gasteiger partial charge in [0.2, 0.25) is 5.91 Å². The molecule has 0 aliphatic carbocycles. The lowest BCUT2D eigenvalue weighted by molar-refractivity contribution is -0.119. The fourth-order valence-corrected chi connectivity index (χ4v) is 3.64. The summed E-state index contributed by atoms with van der Waals surface area (Å²) in [6.45, 7) is 16.0. The van der Waals surface area contributed by atoms with Crippen LogP contribution in [0.3, 0.4) is 0 Å². The van der Waals surface area contributed by atoms with Gasteiger partial charge in [0.1, 0.15) is 0 Å². The Bertz CT molecular complexity index is 858. The lowest BCUT2D eigenvalue weighted by Gasteiger charge is -2.30. The highest BCUT2D eigenvalue weighted by Crippen LogP contribution is 2.33. The molecule has 2 aromatic heterocycles. The summed E-state index contributed by atoms with van der Waals surface area (Å²) in [6.07, 6.45) is 4.23. The summed E-state index contributed by atoms with van der Waals surface area (Å²) in [5.74, 6) is -1.43. The Morgan fingerprint density at radius 3 is 2.57 bits per heavy atom. The van der Waals surface area contributed by atoms with Gasteiger partial charge in [-0.25, -0.2) is 13.9 Å². The van der Waals surface area contributed by atoms with Gasteiger partial charge in [-0.15, -0.1) is 0 Å². The summed E-state index contributed by atoms with van der Waals surface area (Å²) in [7, 11) is 0. The normalized spacial score (nSPS) is 14.4. The van der Waals surface area contributed by atoms with Crippen LogP contribution in [0.15, 0.2) is 12.0 Å². The molecule has 1 atom stereocenters. The third-order valence-corrected chi connectivity index (χ3v) is 5.58. The minimum Gasteiger partial charge on any atom is -0.369 e. The van der Waals surface area contributed by atoms with Gasteiger partial charge in [0, 0.05) is 17.8 Å². The summed E-state index contributed by atoms with van der Waals surface area (Å²) in [5, 5.41) is 3.20. The highest BCUT2D eigenvalue weighted by molar-refractivity contribution is 5.82. The number of fused-ring (bicyclic) bond motifs is 1. The van der Waals surface area contributed by atoms with Gasteiger partial charge < -0.3 is 10.6 Å². The van der Waals surface area contributed by atoms with E-state index < -0.39 is 11.8 Å². The average molecular weight is 392 g/mol. The number of H-pyrrole nitrogens is 1. The van der Waals surface area contributed by atoms with Crippen LogP contribution in [0, 0.1) is 0 Å². The van der Waals surface area contributed by atoms with Gasteiger partial charge in [-0.3, -0.25) is 9.89 Å². The van der Waals surface area contributed by atoms with E-state index in [1.807, 2.05) is 6.20 Å². The fraction of sp³-hybridized carbons (Fsp3) is 0.619. The van der Waals surface area contributed by atoms with Crippen molar-refractivity contribution in [2.45, 2.75) is 72.3 Å². The molecule has 2 rings (SSSR count). The van der Waals surface area contributed by atoms with Crippen LogP contribution in [-0.4, -0.2) is 44.5 Å². The second kappa shape index (κ2) is 8.47. The standard InChI is InChI=1S/C21H34FN5O/c1-8-26(13(2)3)10-9-21(6,7)16-12-24-27-18(15(5)19(23)28)17(11-14(4)22)25-20(16)27/h11-13,15,24H,8-10H2,1-7H3,(H2,23,28)/b14-11+. The molecule has 3 N–H and O–H groups in total. The van der Waals surface area contributed by atoms with Crippen LogP contribution in [0.25, 0.3) is 11.7 Å². The number of halogens is 1. The summed E-state index contributed by atoms with van der Waals surface area (Å²) in [6, 6.07) is 0.491. The first-order chi connectivity index (χ1) is 13.0. The van der Waals surface area contributed by atoms with Crippen LogP contribution in [0.4, 0.5) is 4.39 Å². The first-order valence-corrected chi connectivity index (χ1v) is 9.97. The van der Waals surface area contributed by atoms with Crippen LogP contribution in [0.1, 0.15) is 77.8 Å². The number of hydrogen-bond donors (Lipinski definition) is 2. The number of aromatic amines is 1. The van der Waals surface area contributed by atoms with Gasteiger partial charge in [0.25, 0.3) is 0 Å². The largest absolute Gasteiger partial charge is 0.369 e. The Kier molecular flexibility index (Phi) is 6.70. The topological polar surface area (TPSA) is 79.4 Å². The minimum atomic E-state index is -0.591. The van der Waals surface area contributed by atoms with Crippen molar-refractivity contribution >= 4 is 17.6 Å². The third kappa shape index (κ3) is 4.46. The van der Waals surface area contributed by atoms with Crippen molar-refractivity contribution in [3.8, 4) is 0 Å². The monoisotopic (exact) mass is 391 g/mol. The number of allylic oxidation sites excluding steroid dienone is 1. The molecule has 0 aliphatic heterocycles. The number of amides is 1. The van der Waals surface area contributed by atoms with E-state index in [0.29, 0.717) is 23.1 Å². The molecule has 0 aromatic carbocycles. The maximum absolute atomic E-state index is 13.6. The molecule has 0 aliphatic rings. The zero-order valence-corrected chi connectivity index (χ0v) is 18.1. The first kappa shape index (κ1) is 22.1. The lowest BCUT2D eigenvalue weighted by Crippen LogP contribution is -2.34. The number of imidazole rings is 1. The molecule has 0 radical (unpaired) electrons. The SMILES string of the molecule is CCN(CCC(C)(C)c1c[nH]n2c(C(C)C(N)=O)c(/C=C(\C)F)nc12)C(C)C. The second-order valence-electron chi connectivity index (χ2n) is 8.44. The number of carbonyl (C=O) groups excluding carboxylic acids is 1. The highest BCUT2D eigenvalue weighted by Gasteiger charge is 2.30. The molecule has 156 valence electrons. The van der Waals surface area contributed by atoms with Crippen molar-refractivity contribution in [3.63, 3.8) is 0 Å². The highest BCUT2D eigenvalue weighted by atomic mass is 19.1. The van der Waals surface area contributed by atoms with Crippen LogP contribution in [0.2, 0.25) is 0 Å². The molecule has 7 heteroatoms. The van der Waals surface area contributed by atoms with Gasteiger partial charge in [-0.05, 0) is 58.7 Å². The number of aromatic nitrogens is 3. The van der Waals surface area contributed by atoms with Crippen LogP contribution < -0.4 is 5.73 Å². The summed E-state index contributed by atoms with van der Waals surface area (Å²) < 4.78 is 15.4. The van der Waals surface area contributed by atoms with E-state index in [-0.39, 0.29) is 11.2 Å². The zero-order chi connectivity index (χ0) is 21.2. The predicted octanol–water partition coefficient (Wildman–Crippen LogP) is 3.98. The molecule has 1 amide bonds. The Labute approximate surface area is 167 Å². The molecular weight excluding hydrogens is 357 g/mol. The van der Waals surface area contributed by atoms with E-state index in [9.17, 15) is 9.18 Å². The van der Waals surface area contributed by atoms with E-state index in [1.165, 1.54) is 13.0 Å². The van der Waals surface area contributed by atoms with Crippen LogP contribution in [-0.2, 0) is 10.2 Å². The Balaban J connectivity index is 2.49. The summed E-state index contributed by atoms with van der Waals surface area (Å²) in [4.78, 5) is 18.9. The van der Waals surface area contributed by atoms with E-state index in [2.05, 4.69) is 49.6 Å². The molecular formula is C21H34FN5O.